The van der Waals surface area contributed by atoms with Gasteiger partial charge in [-0.15, -0.1) is 0 Å². The summed E-state index contributed by atoms with van der Waals surface area (Å²) in [6, 6.07) is 8.63. The fourth-order valence-electron chi connectivity index (χ4n) is 3.44. The van der Waals surface area contributed by atoms with Crippen LogP contribution in [-0.2, 0) is 4.74 Å². The van der Waals surface area contributed by atoms with E-state index in [1.807, 2.05) is 30.3 Å². The lowest BCUT2D eigenvalue weighted by Crippen LogP contribution is -2.28. The zero-order valence-electron chi connectivity index (χ0n) is 14.4. The van der Waals surface area contributed by atoms with Crippen LogP contribution in [0.1, 0.15) is 24.3 Å². The van der Waals surface area contributed by atoms with Gasteiger partial charge >= 0.3 is 0 Å². The summed E-state index contributed by atoms with van der Waals surface area (Å²) in [6.07, 6.45) is 1.06. The van der Waals surface area contributed by atoms with E-state index in [9.17, 15) is 20.1 Å². The molecule has 1 aromatic carbocycles. The zero-order valence-corrected chi connectivity index (χ0v) is 14.4. The number of aliphatic hydroxyl groups excluding tert-OH is 3. The molecule has 3 heterocycles. The molecule has 9 nitrogen and oxygen atoms in total. The van der Waals surface area contributed by atoms with Crippen molar-refractivity contribution in [2.45, 2.75) is 30.9 Å². The van der Waals surface area contributed by atoms with Crippen LogP contribution < -0.4 is 5.56 Å². The Morgan fingerprint density at radius 2 is 1.96 bits per heavy atom. The third kappa shape index (κ3) is 3.04. The molecule has 1 fully saturated rings. The maximum atomic E-state index is 12.9. The van der Waals surface area contributed by atoms with Gasteiger partial charge in [-0.3, -0.25) is 13.9 Å². The van der Waals surface area contributed by atoms with E-state index >= 15 is 0 Å². The highest BCUT2D eigenvalue weighted by atomic mass is 16.5. The van der Waals surface area contributed by atoms with E-state index in [4.69, 9.17) is 4.74 Å². The molecule has 1 unspecified atom stereocenters. The second kappa shape index (κ2) is 7.20. The lowest BCUT2D eigenvalue weighted by atomic mass is 10.1. The third-order valence-electron chi connectivity index (χ3n) is 4.90. The van der Waals surface area contributed by atoms with Gasteiger partial charge in [-0.25, -0.2) is 9.97 Å². The van der Waals surface area contributed by atoms with Gasteiger partial charge in [0.15, 0.2) is 11.2 Å². The highest BCUT2D eigenvalue weighted by molar-refractivity contribution is 5.69. The Bertz CT molecular complexity index is 986. The number of nitrogens with zero attached hydrogens (tertiary/aromatic N) is 4. The molecule has 0 amide bonds. The molecule has 4 atom stereocenters. The summed E-state index contributed by atoms with van der Waals surface area (Å²) in [6.45, 7) is -0.548. The Labute approximate surface area is 154 Å². The maximum Gasteiger partial charge on any atom is 0.282 e. The van der Waals surface area contributed by atoms with Gasteiger partial charge < -0.3 is 20.1 Å². The molecule has 0 spiro atoms. The number of rotatable bonds is 5. The Morgan fingerprint density at radius 3 is 2.63 bits per heavy atom. The number of hydrogen-bond donors (Lipinski definition) is 3. The van der Waals surface area contributed by atoms with Crippen LogP contribution in [0.25, 0.3) is 11.2 Å². The normalized spacial score (nSPS) is 23.7. The van der Waals surface area contributed by atoms with Gasteiger partial charge in [-0.1, -0.05) is 30.3 Å². The van der Waals surface area contributed by atoms with Gasteiger partial charge in [0.1, 0.15) is 18.7 Å². The Hall–Kier alpha value is -2.59. The van der Waals surface area contributed by atoms with Crippen LogP contribution in [0.5, 0.6) is 0 Å². The maximum absolute atomic E-state index is 12.9. The van der Waals surface area contributed by atoms with E-state index in [0.29, 0.717) is 5.65 Å². The molecule has 1 aliphatic heterocycles. The lowest BCUT2D eigenvalue weighted by molar-refractivity contribution is -0.0432. The topological polar surface area (TPSA) is 123 Å². The average Bonchev–Trinajstić information content (AvgIpc) is 3.28. The Kier molecular flexibility index (Phi) is 4.75. The van der Waals surface area contributed by atoms with Gasteiger partial charge in [0, 0.05) is 6.42 Å². The number of fused-ring (bicyclic) bond motifs is 1. The van der Waals surface area contributed by atoms with Gasteiger partial charge in [0.05, 0.1) is 31.7 Å². The second-order valence-corrected chi connectivity index (χ2v) is 6.50. The van der Waals surface area contributed by atoms with Crippen molar-refractivity contribution < 1.29 is 20.1 Å². The second-order valence-electron chi connectivity index (χ2n) is 6.50. The van der Waals surface area contributed by atoms with Crippen molar-refractivity contribution in [3.8, 4) is 0 Å². The lowest BCUT2D eigenvalue weighted by Gasteiger charge is -2.18. The van der Waals surface area contributed by atoms with Gasteiger partial charge in [-0.2, -0.15) is 0 Å². The highest BCUT2D eigenvalue weighted by Crippen LogP contribution is 2.30. The standard InChI is InChI=1S/C18H20N4O5/c23-7-12(11-4-2-1-3-5-11)21-10-20-17-16(18(21)26)19-9-22(17)15-6-13(25)14(8-24)27-15/h1-5,9-10,12-15,23-25H,6-8H2/t12?,13-,14+,15+/m0/s1. The molecule has 142 valence electrons. The minimum Gasteiger partial charge on any atom is -0.394 e. The first kappa shape index (κ1) is 17.8. The average molecular weight is 372 g/mol. The van der Waals surface area contributed by atoms with Crippen molar-refractivity contribution in [3.05, 3.63) is 58.9 Å². The minimum atomic E-state index is -0.797. The highest BCUT2D eigenvalue weighted by Gasteiger charge is 2.35. The number of aliphatic hydroxyl groups is 3. The predicted molar refractivity (Wildman–Crippen MR) is 95.1 cm³/mol. The van der Waals surface area contributed by atoms with E-state index in [-0.39, 0.29) is 30.7 Å². The molecule has 3 aromatic rings. The molecule has 0 radical (unpaired) electrons. The van der Waals surface area contributed by atoms with Gasteiger partial charge in [-0.05, 0) is 5.56 Å². The molecule has 0 aliphatic carbocycles. The summed E-state index contributed by atoms with van der Waals surface area (Å²) < 4.78 is 8.55. The van der Waals surface area contributed by atoms with Crippen LogP contribution in [0, 0.1) is 0 Å². The van der Waals surface area contributed by atoms with Gasteiger partial charge in [0.25, 0.3) is 5.56 Å². The first-order chi connectivity index (χ1) is 13.1. The van der Waals surface area contributed by atoms with E-state index in [2.05, 4.69) is 9.97 Å². The summed E-state index contributed by atoms with van der Waals surface area (Å²) in [5, 5.41) is 29.0. The molecule has 1 aliphatic rings. The van der Waals surface area contributed by atoms with Crippen LogP contribution in [0.3, 0.4) is 0 Å². The van der Waals surface area contributed by atoms with Crippen LogP contribution in [-0.4, -0.2) is 59.8 Å². The third-order valence-corrected chi connectivity index (χ3v) is 4.90. The monoisotopic (exact) mass is 372 g/mol. The molecule has 27 heavy (non-hydrogen) atoms. The molecule has 9 heteroatoms. The smallest absolute Gasteiger partial charge is 0.282 e. The quantitative estimate of drug-likeness (QED) is 0.567. The molecule has 4 rings (SSSR count). The van der Waals surface area contributed by atoms with Crippen molar-refractivity contribution in [2.75, 3.05) is 13.2 Å². The van der Waals surface area contributed by atoms with Crippen LogP contribution in [0.4, 0.5) is 0 Å². The van der Waals surface area contributed by atoms with Crippen molar-refractivity contribution in [1.29, 1.82) is 0 Å². The van der Waals surface area contributed by atoms with Gasteiger partial charge in [0.2, 0.25) is 0 Å². The van der Waals surface area contributed by atoms with Crippen LogP contribution in [0.15, 0.2) is 47.8 Å². The number of hydrogen-bond acceptors (Lipinski definition) is 7. The molecule has 2 aromatic heterocycles. The fourth-order valence-corrected chi connectivity index (χ4v) is 3.44. The zero-order chi connectivity index (χ0) is 19.0. The number of ether oxygens (including phenoxy) is 1. The molecule has 1 saturated heterocycles. The Morgan fingerprint density at radius 1 is 1.19 bits per heavy atom. The molecule has 0 saturated carbocycles. The number of imidazole rings is 1. The fraction of sp³-hybridized carbons (Fsp3) is 0.389. The van der Waals surface area contributed by atoms with Crippen LogP contribution >= 0.6 is 0 Å². The first-order valence-corrected chi connectivity index (χ1v) is 8.68. The van der Waals surface area contributed by atoms with E-state index in [1.54, 1.807) is 4.57 Å². The summed E-state index contributed by atoms with van der Waals surface area (Å²) in [7, 11) is 0. The molecular weight excluding hydrogens is 352 g/mol. The number of aromatic nitrogens is 4. The van der Waals surface area contributed by atoms with Crippen molar-refractivity contribution in [1.82, 2.24) is 19.1 Å². The summed E-state index contributed by atoms with van der Waals surface area (Å²) in [5.41, 5.74) is 0.892. The minimum absolute atomic E-state index is 0.150. The number of benzene rings is 1. The van der Waals surface area contributed by atoms with Crippen molar-refractivity contribution in [2.24, 2.45) is 0 Å². The largest absolute Gasteiger partial charge is 0.394 e. The summed E-state index contributed by atoms with van der Waals surface area (Å²) >= 11 is 0. The Balaban J connectivity index is 1.73. The predicted octanol–water partition coefficient (Wildman–Crippen LogP) is -0.185. The van der Waals surface area contributed by atoms with Crippen molar-refractivity contribution in [3.63, 3.8) is 0 Å². The molecular formula is C18H20N4O5. The van der Waals surface area contributed by atoms with E-state index in [0.717, 1.165) is 5.56 Å². The molecule has 3 N–H and O–H groups in total. The van der Waals surface area contributed by atoms with E-state index in [1.165, 1.54) is 17.2 Å². The SMILES string of the molecule is O=c1c2ncn([C@H]3C[C@H](O)[C@@H](CO)O3)c2ncn1C(CO)c1ccccc1. The summed E-state index contributed by atoms with van der Waals surface area (Å²) in [5.74, 6) is 0. The molecule has 0 bridgehead atoms. The van der Waals surface area contributed by atoms with E-state index < -0.39 is 24.5 Å². The van der Waals surface area contributed by atoms with Crippen LogP contribution in [0.2, 0.25) is 0 Å². The first-order valence-electron chi connectivity index (χ1n) is 8.68. The summed E-state index contributed by atoms with van der Waals surface area (Å²) in [4.78, 5) is 21.4. The van der Waals surface area contributed by atoms with Crippen molar-refractivity contribution >= 4 is 11.2 Å².